The number of aryl methyl sites for hydroxylation is 1. The molecule has 3 rings (SSSR count). The first-order valence-corrected chi connectivity index (χ1v) is 9.43. The van der Waals surface area contributed by atoms with Crippen molar-refractivity contribution >= 4 is 29.1 Å². The molecule has 2 heterocycles. The fourth-order valence-corrected chi connectivity index (χ4v) is 3.57. The summed E-state index contributed by atoms with van der Waals surface area (Å²) in [6, 6.07) is 8.98. The van der Waals surface area contributed by atoms with Crippen molar-refractivity contribution in [2.24, 2.45) is 0 Å². The molecule has 1 unspecified atom stereocenters. The summed E-state index contributed by atoms with van der Waals surface area (Å²) < 4.78 is 7.08. The number of amides is 1. The highest BCUT2D eigenvalue weighted by Crippen LogP contribution is 2.27. The lowest BCUT2D eigenvalue weighted by molar-refractivity contribution is -0.121. The van der Waals surface area contributed by atoms with E-state index in [1.54, 1.807) is 23.1 Å². The van der Waals surface area contributed by atoms with Gasteiger partial charge in [0, 0.05) is 28.7 Å². The Morgan fingerprint density at radius 2 is 2.07 bits per heavy atom. The smallest absolute Gasteiger partial charge is 0.224 e. The summed E-state index contributed by atoms with van der Waals surface area (Å²) in [5.74, 6) is 0.794. The van der Waals surface area contributed by atoms with Crippen LogP contribution in [-0.4, -0.2) is 21.7 Å². The Labute approximate surface area is 168 Å². The van der Waals surface area contributed by atoms with Crippen LogP contribution in [-0.2, 0) is 17.6 Å². The van der Waals surface area contributed by atoms with Crippen molar-refractivity contribution in [1.82, 2.24) is 15.1 Å². The van der Waals surface area contributed by atoms with E-state index in [-0.39, 0.29) is 18.4 Å². The largest absolute Gasteiger partial charge is 0.469 e. The van der Waals surface area contributed by atoms with E-state index in [0.29, 0.717) is 16.5 Å². The zero-order valence-electron chi connectivity index (χ0n) is 15.4. The summed E-state index contributed by atoms with van der Waals surface area (Å²) in [6.45, 7) is 5.78. The first kappa shape index (κ1) is 19.5. The Bertz CT molecular complexity index is 949. The summed E-state index contributed by atoms with van der Waals surface area (Å²) in [4.78, 5) is 12.5. The average molecular weight is 406 g/mol. The van der Waals surface area contributed by atoms with Crippen molar-refractivity contribution in [3.8, 4) is 5.69 Å². The summed E-state index contributed by atoms with van der Waals surface area (Å²) in [5.41, 5.74) is 3.31. The van der Waals surface area contributed by atoms with Gasteiger partial charge in [-0.2, -0.15) is 5.10 Å². The van der Waals surface area contributed by atoms with E-state index in [1.165, 1.54) is 0 Å². The molecule has 0 aliphatic carbocycles. The molecule has 2 aromatic heterocycles. The van der Waals surface area contributed by atoms with Crippen LogP contribution in [0.1, 0.15) is 29.6 Å². The van der Waals surface area contributed by atoms with Gasteiger partial charge in [0.25, 0.3) is 0 Å². The summed E-state index contributed by atoms with van der Waals surface area (Å²) >= 11 is 12.3. The van der Waals surface area contributed by atoms with Gasteiger partial charge in [-0.05, 0) is 51.1 Å². The lowest BCUT2D eigenvalue weighted by Gasteiger charge is -2.13. The monoisotopic (exact) mass is 405 g/mol. The summed E-state index contributed by atoms with van der Waals surface area (Å²) in [6.07, 6.45) is 2.54. The Balaban J connectivity index is 1.73. The summed E-state index contributed by atoms with van der Waals surface area (Å²) in [5, 5.41) is 8.64. The van der Waals surface area contributed by atoms with Gasteiger partial charge in [0.2, 0.25) is 5.91 Å². The molecule has 0 bridgehead atoms. The first-order chi connectivity index (χ1) is 12.8. The van der Waals surface area contributed by atoms with Crippen LogP contribution >= 0.6 is 23.2 Å². The van der Waals surface area contributed by atoms with Crippen LogP contribution in [0.25, 0.3) is 5.69 Å². The molecule has 0 aliphatic heterocycles. The molecule has 0 saturated heterocycles. The van der Waals surface area contributed by atoms with Crippen LogP contribution in [0.3, 0.4) is 0 Å². The van der Waals surface area contributed by atoms with Gasteiger partial charge in [0.15, 0.2) is 0 Å². The van der Waals surface area contributed by atoms with E-state index >= 15 is 0 Å². The molecule has 1 atom stereocenters. The fraction of sp³-hybridized carbons (Fsp3) is 0.300. The van der Waals surface area contributed by atoms with Crippen LogP contribution in [0.15, 0.2) is 41.0 Å². The van der Waals surface area contributed by atoms with E-state index in [0.717, 1.165) is 28.4 Å². The number of hydrogen-bond donors (Lipinski definition) is 1. The molecule has 1 N–H and O–H groups in total. The molecular weight excluding hydrogens is 385 g/mol. The van der Waals surface area contributed by atoms with Gasteiger partial charge in [-0.1, -0.05) is 23.2 Å². The molecule has 142 valence electrons. The maximum absolute atomic E-state index is 12.5. The van der Waals surface area contributed by atoms with Crippen molar-refractivity contribution in [2.75, 3.05) is 0 Å². The van der Waals surface area contributed by atoms with Crippen LogP contribution in [0.4, 0.5) is 0 Å². The number of carbonyl (C=O) groups is 1. The Hall–Kier alpha value is -2.24. The minimum Gasteiger partial charge on any atom is -0.469 e. The topological polar surface area (TPSA) is 60.1 Å². The normalized spacial score (nSPS) is 12.2. The zero-order valence-corrected chi connectivity index (χ0v) is 16.9. The van der Waals surface area contributed by atoms with Gasteiger partial charge in [0.1, 0.15) is 5.76 Å². The fourth-order valence-electron chi connectivity index (χ4n) is 3.09. The minimum absolute atomic E-state index is 0.0231. The zero-order chi connectivity index (χ0) is 19.6. The molecule has 7 heteroatoms. The molecule has 0 spiro atoms. The molecule has 27 heavy (non-hydrogen) atoms. The lowest BCUT2D eigenvalue weighted by atomic mass is 10.1. The van der Waals surface area contributed by atoms with Crippen LogP contribution < -0.4 is 5.32 Å². The molecule has 1 amide bonds. The third-order valence-electron chi connectivity index (χ3n) is 4.41. The van der Waals surface area contributed by atoms with Gasteiger partial charge in [-0.15, -0.1) is 0 Å². The molecule has 0 aliphatic rings. The highest BCUT2D eigenvalue weighted by atomic mass is 35.5. The number of carbonyl (C=O) groups excluding carboxylic acids is 1. The second-order valence-electron chi connectivity index (χ2n) is 6.59. The number of aromatic nitrogens is 2. The van der Waals surface area contributed by atoms with Crippen molar-refractivity contribution in [3.63, 3.8) is 0 Å². The predicted octanol–water partition coefficient (Wildman–Crippen LogP) is 4.68. The minimum atomic E-state index is -0.0537. The van der Waals surface area contributed by atoms with Crippen molar-refractivity contribution in [2.45, 2.75) is 39.7 Å². The second kappa shape index (κ2) is 8.19. The molecule has 5 nitrogen and oxygen atoms in total. The number of hydrogen-bond acceptors (Lipinski definition) is 3. The number of halogens is 2. The van der Waals surface area contributed by atoms with Crippen molar-refractivity contribution in [1.29, 1.82) is 0 Å². The average Bonchev–Trinajstić information content (AvgIpc) is 3.18. The number of benzene rings is 1. The Morgan fingerprint density at radius 1 is 1.30 bits per heavy atom. The van der Waals surface area contributed by atoms with Gasteiger partial charge in [0.05, 0.1) is 29.1 Å². The molecular formula is C20H21Cl2N3O2. The Kier molecular flexibility index (Phi) is 5.92. The maximum atomic E-state index is 12.5. The maximum Gasteiger partial charge on any atom is 0.224 e. The molecule has 0 radical (unpaired) electrons. The van der Waals surface area contributed by atoms with E-state index in [4.69, 9.17) is 27.6 Å². The predicted molar refractivity (Wildman–Crippen MR) is 107 cm³/mol. The standard InChI is InChI=1S/C20H21Cl2N3O2/c1-12(9-16-5-4-8-27-16)23-20(26)11-17-13(2)24-25(14(17)3)19-7-6-15(21)10-18(19)22/h4-8,10,12H,9,11H2,1-3H3,(H,23,26). The number of nitrogens with one attached hydrogen (secondary N) is 1. The van der Waals surface area contributed by atoms with E-state index in [1.807, 2.05) is 39.0 Å². The van der Waals surface area contributed by atoms with E-state index < -0.39 is 0 Å². The van der Waals surface area contributed by atoms with Crippen molar-refractivity contribution < 1.29 is 9.21 Å². The quantitative estimate of drug-likeness (QED) is 0.647. The number of furan rings is 1. The first-order valence-electron chi connectivity index (χ1n) is 8.67. The Morgan fingerprint density at radius 3 is 2.74 bits per heavy atom. The molecule has 0 saturated carbocycles. The van der Waals surface area contributed by atoms with Crippen LogP contribution in [0.5, 0.6) is 0 Å². The number of nitrogens with zero attached hydrogens (tertiary/aromatic N) is 2. The third-order valence-corrected chi connectivity index (χ3v) is 4.95. The molecule has 0 fully saturated rings. The molecule has 1 aromatic carbocycles. The van der Waals surface area contributed by atoms with Crippen molar-refractivity contribution in [3.05, 3.63) is 69.4 Å². The van der Waals surface area contributed by atoms with E-state index in [9.17, 15) is 4.79 Å². The van der Waals surface area contributed by atoms with Gasteiger partial charge in [-0.3, -0.25) is 4.79 Å². The number of rotatable bonds is 6. The second-order valence-corrected chi connectivity index (χ2v) is 7.43. The van der Waals surface area contributed by atoms with Crippen LogP contribution in [0, 0.1) is 13.8 Å². The van der Waals surface area contributed by atoms with Gasteiger partial charge in [-0.25, -0.2) is 4.68 Å². The third kappa shape index (κ3) is 4.54. The van der Waals surface area contributed by atoms with Crippen LogP contribution in [0.2, 0.25) is 10.0 Å². The molecule has 3 aromatic rings. The van der Waals surface area contributed by atoms with Gasteiger partial charge >= 0.3 is 0 Å². The van der Waals surface area contributed by atoms with Gasteiger partial charge < -0.3 is 9.73 Å². The SMILES string of the molecule is Cc1nn(-c2ccc(Cl)cc2Cl)c(C)c1CC(=O)NC(C)Cc1ccco1. The lowest BCUT2D eigenvalue weighted by Crippen LogP contribution is -2.35. The summed E-state index contributed by atoms with van der Waals surface area (Å²) in [7, 11) is 0. The van der Waals surface area contributed by atoms with E-state index in [2.05, 4.69) is 10.4 Å². The highest BCUT2D eigenvalue weighted by molar-refractivity contribution is 6.35. The highest BCUT2D eigenvalue weighted by Gasteiger charge is 2.18.